The van der Waals surface area contributed by atoms with Gasteiger partial charge in [-0.2, -0.15) is 0 Å². The number of carbonyl (C=O) groups is 1. The molecule has 39 heavy (non-hydrogen) atoms. The summed E-state index contributed by atoms with van der Waals surface area (Å²) in [4.78, 5) is 24.4. The van der Waals surface area contributed by atoms with Gasteiger partial charge in [0.05, 0.1) is 11.1 Å². The van der Waals surface area contributed by atoms with E-state index in [0.717, 1.165) is 4.68 Å². The fourth-order valence-corrected chi connectivity index (χ4v) is 5.56. The molecule has 0 aliphatic rings. The summed E-state index contributed by atoms with van der Waals surface area (Å²) < 4.78 is 67.6. The number of benzene rings is 3. The minimum absolute atomic E-state index is 0.0421. The van der Waals surface area contributed by atoms with Crippen LogP contribution >= 0.6 is 0 Å². The minimum Gasteiger partial charge on any atom is -0.480 e. The van der Waals surface area contributed by atoms with E-state index in [9.17, 15) is 36.3 Å². The molecule has 1 aromatic heterocycles. The molecule has 204 valence electrons. The monoisotopic (exact) mass is 561 g/mol. The van der Waals surface area contributed by atoms with Gasteiger partial charge in [-0.3, -0.25) is 9.59 Å². The lowest BCUT2D eigenvalue weighted by atomic mass is 10.0. The quantitative estimate of drug-likeness (QED) is 0.309. The number of sulfone groups is 1. The van der Waals surface area contributed by atoms with Crippen molar-refractivity contribution in [3.63, 3.8) is 0 Å². The molecular weight excluding hydrogens is 539 g/mol. The third-order valence-electron chi connectivity index (χ3n) is 5.99. The van der Waals surface area contributed by atoms with Gasteiger partial charge in [0.1, 0.15) is 11.3 Å². The van der Waals surface area contributed by atoms with Crippen molar-refractivity contribution in [2.24, 2.45) is 0 Å². The van der Waals surface area contributed by atoms with Crippen LogP contribution in [0.5, 0.6) is 5.75 Å². The van der Waals surface area contributed by atoms with Gasteiger partial charge < -0.3 is 9.84 Å². The molecule has 3 aromatic carbocycles. The summed E-state index contributed by atoms with van der Waals surface area (Å²) >= 11 is 0. The molecule has 0 spiro atoms. The number of halogens is 3. The van der Waals surface area contributed by atoms with Crippen molar-refractivity contribution < 1.29 is 36.2 Å². The summed E-state index contributed by atoms with van der Waals surface area (Å²) in [7, 11) is -4.10. The van der Waals surface area contributed by atoms with Crippen molar-refractivity contribution in [3.05, 3.63) is 88.7 Å². The first kappa shape index (κ1) is 27.8. The van der Waals surface area contributed by atoms with E-state index >= 15 is 0 Å². The zero-order valence-electron chi connectivity index (χ0n) is 20.2. The van der Waals surface area contributed by atoms with Gasteiger partial charge in [-0.05, 0) is 53.8 Å². The second-order valence-corrected chi connectivity index (χ2v) is 10.9. The Labute approximate surface area is 220 Å². The van der Waals surface area contributed by atoms with E-state index in [-0.39, 0.29) is 30.5 Å². The third kappa shape index (κ3) is 6.99. The summed E-state index contributed by atoms with van der Waals surface area (Å²) in [6.45, 7) is -0.242. The highest BCUT2D eigenvalue weighted by molar-refractivity contribution is 7.92. The van der Waals surface area contributed by atoms with E-state index in [2.05, 4.69) is 15.0 Å². The molecule has 1 atom stereocenters. The number of rotatable bonds is 10. The standard InChI is InChI=1S/C26H22F3N3O6S/c27-26(28,29)38-20-11-9-19(10-12-20)18-7-5-17(6-8-18)14-16-39(36,37)23(25(34)35)13-15-32-24(33)21-3-1-2-4-22(21)30-31-32/h1-12,23H,13-16H2,(H,34,35). The van der Waals surface area contributed by atoms with Gasteiger partial charge in [-0.15, -0.1) is 18.3 Å². The Morgan fingerprint density at radius 3 is 2.21 bits per heavy atom. The lowest BCUT2D eigenvalue weighted by Gasteiger charge is -2.14. The predicted octanol–water partition coefficient (Wildman–Crippen LogP) is 3.86. The zero-order chi connectivity index (χ0) is 28.2. The number of hydrogen-bond acceptors (Lipinski definition) is 7. The summed E-state index contributed by atoms with van der Waals surface area (Å²) in [5, 5.41) is 15.8. The lowest BCUT2D eigenvalue weighted by molar-refractivity contribution is -0.274. The Kier molecular flexibility index (Phi) is 8.00. The van der Waals surface area contributed by atoms with E-state index in [1.54, 1.807) is 48.5 Å². The van der Waals surface area contributed by atoms with Gasteiger partial charge >= 0.3 is 12.3 Å². The molecule has 0 fully saturated rings. The van der Waals surface area contributed by atoms with Crippen LogP contribution in [-0.4, -0.2) is 51.9 Å². The topological polar surface area (TPSA) is 128 Å². The highest BCUT2D eigenvalue weighted by atomic mass is 32.2. The van der Waals surface area contributed by atoms with Gasteiger partial charge in [-0.25, -0.2) is 13.1 Å². The maximum Gasteiger partial charge on any atom is 0.573 e. The zero-order valence-corrected chi connectivity index (χ0v) is 21.0. The van der Waals surface area contributed by atoms with Gasteiger partial charge in [0.25, 0.3) is 5.56 Å². The largest absolute Gasteiger partial charge is 0.573 e. The minimum atomic E-state index is -4.79. The average molecular weight is 562 g/mol. The number of aliphatic carboxylic acids is 1. The molecule has 1 heterocycles. The first-order valence-corrected chi connectivity index (χ1v) is 13.4. The number of hydrogen-bond donors (Lipinski definition) is 1. The van der Waals surface area contributed by atoms with Crippen molar-refractivity contribution in [3.8, 4) is 16.9 Å². The Morgan fingerprint density at radius 2 is 1.59 bits per heavy atom. The van der Waals surface area contributed by atoms with Gasteiger partial charge in [0.15, 0.2) is 15.1 Å². The second-order valence-electron chi connectivity index (χ2n) is 8.64. The Bertz CT molecular complexity index is 1640. The van der Waals surface area contributed by atoms with E-state index in [0.29, 0.717) is 22.2 Å². The molecule has 4 aromatic rings. The van der Waals surface area contributed by atoms with Crippen LogP contribution in [0.3, 0.4) is 0 Å². The summed E-state index contributed by atoms with van der Waals surface area (Å²) in [5.41, 5.74) is 1.82. The first-order chi connectivity index (χ1) is 18.4. The number of aromatic nitrogens is 3. The van der Waals surface area contributed by atoms with Gasteiger partial charge in [0, 0.05) is 6.54 Å². The van der Waals surface area contributed by atoms with E-state index in [1.165, 1.54) is 24.3 Å². The van der Waals surface area contributed by atoms with Crippen LogP contribution in [0.25, 0.3) is 22.0 Å². The third-order valence-corrected chi connectivity index (χ3v) is 8.07. The number of carboxylic acid groups (broad SMARTS) is 1. The molecular formula is C26H22F3N3O6S. The smallest absolute Gasteiger partial charge is 0.480 e. The Hall–Kier alpha value is -4.26. The Balaban J connectivity index is 1.39. The van der Waals surface area contributed by atoms with Crippen LogP contribution in [0.1, 0.15) is 12.0 Å². The molecule has 0 aliphatic heterocycles. The summed E-state index contributed by atoms with van der Waals surface area (Å²) in [6, 6.07) is 18.5. The summed E-state index contributed by atoms with van der Waals surface area (Å²) in [5.74, 6) is -2.31. The molecule has 9 nitrogen and oxygen atoms in total. The first-order valence-electron chi connectivity index (χ1n) is 11.6. The number of alkyl halides is 3. The van der Waals surface area contributed by atoms with E-state index in [4.69, 9.17) is 0 Å². The number of fused-ring (bicyclic) bond motifs is 1. The van der Waals surface area contributed by atoms with Crippen LogP contribution in [0, 0.1) is 0 Å². The van der Waals surface area contributed by atoms with E-state index < -0.39 is 38.7 Å². The molecule has 13 heteroatoms. The van der Waals surface area contributed by atoms with E-state index in [1.807, 2.05) is 0 Å². The highest BCUT2D eigenvalue weighted by Crippen LogP contribution is 2.27. The van der Waals surface area contributed by atoms with Gasteiger partial charge in [0.2, 0.25) is 0 Å². The van der Waals surface area contributed by atoms with Crippen LogP contribution in [0.4, 0.5) is 13.2 Å². The summed E-state index contributed by atoms with van der Waals surface area (Å²) in [6.07, 6.45) is -5.11. The van der Waals surface area contributed by atoms with Crippen LogP contribution < -0.4 is 10.3 Å². The fraction of sp³-hybridized carbons (Fsp3) is 0.231. The normalized spacial score (nSPS) is 12.8. The molecule has 1 unspecified atom stereocenters. The van der Waals surface area contributed by atoms with Crippen LogP contribution in [0.15, 0.2) is 77.6 Å². The van der Waals surface area contributed by atoms with Crippen molar-refractivity contribution in [1.82, 2.24) is 15.0 Å². The number of aryl methyl sites for hydroxylation is 2. The molecule has 0 saturated carbocycles. The average Bonchev–Trinajstić information content (AvgIpc) is 2.88. The second kappa shape index (κ2) is 11.2. The molecule has 0 aliphatic carbocycles. The maximum absolute atomic E-state index is 12.9. The van der Waals surface area contributed by atoms with Crippen molar-refractivity contribution in [2.75, 3.05) is 5.75 Å². The number of ether oxygens (including phenoxy) is 1. The van der Waals surface area contributed by atoms with Crippen LogP contribution in [-0.2, 0) is 27.6 Å². The fourth-order valence-electron chi connectivity index (χ4n) is 3.98. The number of nitrogens with zero attached hydrogens (tertiary/aromatic N) is 3. The van der Waals surface area contributed by atoms with Crippen molar-refractivity contribution in [1.29, 1.82) is 0 Å². The molecule has 0 saturated heterocycles. The molecule has 0 bridgehead atoms. The lowest BCUT2D eigenvalue weighted by Crippen LogP contribution is -2.35. The Morgan fingerprint density at radius 1 is 0.974 bits per heavy atom. The van der Waals surface area contributed by atoms with Crippen LogP contribution in [0.2, 0.25) is 0 Å². The molecule has 0 amide bonds. The predicted molar refractivity (Wildman–Crippen MR) is 136 cm³/mol. The van der Waals surface area contributed by atoms with Gasteiger partial charge in [-0.1, -0.05) is 53.7 Å². The van der Waals surface area contributed by atoms with Crippen molar-refractivity contribution in [2.45, 2.75) is 31.0 Å². The SMILES string of the molecule is O=C(O)C(CCn1nnc2ccccc2c1=O)S(=O)(=O)CCc1ccc(-c2ccc(OC(F)(F)F)cc2)cc1. The van der Waals surface area contributed by atoms with Crippen molar-refractivity contribution >= 4 is 26.7 Å². The number of carboxylic acids is 1. The molecule has 0 radical (unpaired) electrons. The highest BCUT2D eigenvalue weighted by Gasteiger charge is 2.32. The molecule has 1 N–H and O–H groups in total. The maximum atomic E-state index is 12.9. The molecule has 4 rings (SSSR count).